The smallest absolute Gasteiger partial charge is 0.169 e. The molecule has 0 unspecified atom stereocenters. The largest absolute Gasteiger partial charge is 1.00 e. The first-order chi connectivity index (χ1) is 11.3. The molecule has 0 saturated heterocycles. The van der Waals surface area contributed by atoms with E-state index in [1.165, 1.54) is 102 Å². The molecule has 24 heavy (non-hydrogen) atoms. The van der Waals surface area contributed by atoms with Gasteiger partial charge in [0, 0.05) is 18.6 Å². The van der Waals surface area contributed by atoms with Gasteiger partial charge in [-0.25, -0.2) is 4.57 Å². The van der Waals surface area contributed by atoms with E-state index in [1.54, 1.807) is 0 Å². The lowest BCUT2D eigenvalue weighted by atomic mass is 10.0. The van der Waals surface area contributed by atoms with E-state index in [2.05, 4.69) is 42.9 Å². The van der Waals surface area contributed by atoms with Crippen molar-refractivity contribution in [3.63, 3.8) is 0 Å². The molecular formula is C22H40IN. The van der Waals surface area contributed by atoms with Gasteiger partial charge in [-0.3, -0.25) is 0 Å². The minimum absolute atomic E-state index is 0. The molecule has 1 aromatic rings. The highest BCUT2D eigenvalue weighted by Crippen LogP contribution is 2.12. The van der Waals surface area contributed by atoms with Gasteiger partial charge in [-0.1, -0.05) is 84.0 Å². The normalized spacial score (nSPS) is 10.6. The molecule has 0 aliphatic heterocycles. The van der Waals surface area contributed by atoms with E-state index < -0.39 is 0 Å². The fraction of sp³-hybridized carbons (Fsp3) is 0.773. The van der Waals surface area contributed by atoms with E-state index in [0.717, 1.165) is 0 Å². The van der Waals surface area contributed by atoms with E-state index in [4.69, 9.17) is 0 Å². The van der Waals surface area contributed by atoms with Crippen LogP contribution in [0.1, 0.15) is 102 Å². The maximum atomic E-state index is 2.31. The number of nitrogens with zero attached hydrogens (tertiary/aromatic N) is 1. The monoisotopic (exact) mass is 445 g/mol. The zero-order valence-electron chi connectivity index (χ0n) is 16.2. The molecule has 0 spiro atoms. The summed E-state index contributed by atoms with van der Waals surface area (Å²) in [6.45, 7) is 5.62. The van der Waals surface area contributed by atoms with Crippen LogP contribution in [0.4, 0.5) is 0 Å². The second-order valence-corrected chi connectivity index (χ2v) is 7.21. The Morgan fingerprint density at radius 2 is 1.00 bits per heavy atom. The number of hydrogen-bond donors (Lipinski definition) is 0. The average Bonchev–Trinajstić information content (AvgIpc) is 2.57. The molecule has 0 radical (unpaired) electrons. The summed E-state index contributed by atoms with van der Waals surface area (Å²) in [6, 6.07) is 4.40. The SMILES string of the molecule is CCCCCCCCCCCCCCCC[n+]1ccc(C)cc1.[I-]. The Morgan fingerprint density at radius 3 is 1.42 bits per heavy atom. The Labute approximate surface area is 168 Å². The van der Waals surface area contributed by atoms with Crippen molar-refractivity contribution in [2.45, 2.75) is 110 Å². The second-order valence-electron chi connectivity index (χ2n) is 7.21. The van der Waals surface area contributed by atoms with Crippen molar-refractivity contribution in [2.75, 3.05) is 0 Å². The second kappa shape index (κ2) is 17.7. The van der Waals surface area contributed by atoms with Crippen LogP contribution in [-0.2, 0) is 6.54 Å². The van der Waals surface area contributed by atoms with Crippen LogP contribution in [0.2, 0.25) is 0 Å². The molecule has 2 heteroatoms. The zero-order chi connectivity index (χ0) is 16.6. The Kier molecular flexibility index (Phi) is 17.6. The number of pyridine rings is 1. The Hall–Kier alpha value is -0.120. The van der Waals surface area contributed by atoms with E-state index in [0.29, 0.717) is 0 Å². The molecule has 1 aromatic heterocycles. The first-order valence-electron chi connectivity index (χ1n) is 10.3. The lowest BCUT2D eigenvalue weighted by Gasteiger charge is -2.03. The zero-order valence-corrected chi connectivity index (χ0v) is 18.4. The Morgan fingerprint density at radius 1 is 0.625 bits per heavy atom. The number of rotatable bonds is 15. The van der Waals surface area contributed by atoms with Gasteiger partial charge < -0.3 is 24.0 Å². The van der Waals surface area contributed by atoms with Crippen LogP contribution in [0.25, 0.3) is 0 Å². The van der Waals surface area contributed by atoms with Crippen LogP contribution in [0, 0.1) is 6.92 Å². The van der Waals surface area contributed by atoms with Gasteiger partial charge in [-0.2, -0.15) is 0 Å². The first-order valence-corrected chi connectivity index (χ1v) is 10.3. The van der Waals surface area contributed by atoms with Gasteiger partial charge in [0.05, 0.1) is 0 Å². The number of unbranched alkanes of at least 4 members (excludes halogenated alkanes) is 13. The molecule has 140 valence electrons. The summed E-state index contributed by atoms with van der Waals surface area (Å²) in [7, 11) is 0. The van der Waals surface area contributed by atoms with Crippen molar-refractivity contribution in [3.05, 3.63) is 30.1 Å². The van der Waals surface area contributed by atoms with E-state index in [-0.39, 0.29) is 24.0 Å². The molecule has 0 aromatic carbocycles. The van der Waals surface area contributed by atoms with Crippen LogP contribution in [0.5, 0.6) is 0 Å². The summed E-state index contributed by atoms with van der Waals surface area (Å²) in [6.07, 6.45) is 24.5. The maximum absolute atomic E-state index is 2.31. The summed E-state index contributed by atoms with van der Waals surface area (Å²) in [4.78, 5) is 0. The van der Waals surface area contributed by atoms with Crippen LogP contribution in [0.15, 0.2) is 24.5 Å². The summed E-state index contributed by atoms with van der Waals surface area (Å²) >= 11 is 0. The van der Waals surface area contributed by atoms with Gasteiger partial charge in [-0.15, -0.1) is 0 Å². The molecule has 0 saturated carbocycles. The highest BCUT2D eigenvalue weighted by molar-refractivity contribution is 5.03. The van der Waals surface area contributed by atoms with E-state index in [9.17, 15) is 0 Å². The Bertz CT molecular complexity index is 361. The fourth-order valence-electron chi connectivity index (χ4n) is 3.17. The molecular weight excluding hydrogens is 405 g/mol. The summed E-state index contributed by atoms with van der Waals surface area (Å²) in [5.41, 5.74) is 1.35. The van der Waals surface area contributed by atoms with E-state index in [1.807, 2.05) is 0 Å². The number of hydrogen-bond acceptors (Lipinski definition) is 0. The number of halogens is 1. The first kappa shape index (κ1) is 23.9. The molecule has 0 amide bonds. The van der Waals surface area contributed by atoms with Gasteiger partial charge in [0.15, 0.2) is 12.4 Å². The molecule has 0 bridgehead atoms. The minimum atomic E-state index is 0. The summed E-state index contributed by atoms with van der Waals surface area (Å²) in [5.74, 6) is 0. The van der Waals surface area contributed by atoms with Gasteiger partial charge >= 0.3 is 0 Å². The van der Waals surface area contributed by atoms with Crippen LogP contribution in [-0.4, -0.2) is 0 Å². The standard InChI is InChI=1S/C22H40N.HI/c1-3-4-5-6-7-8-9-10-11-12-13-14-15-16-19-23-20-17-22(2)18-21-23;/h17-18,20-21H,3-16,19H2,1-2H3;1H/q+1;/p-1. The van der Waals surface area contributed by atoms with Crippen molar-refractivity contribution in [1.29, 1.82) is 0 Å². The van der Waals surface area contributed by atoms with Crippen molar-refractivity contribution >= 4 is 0 Å². The third kappa shape index (κ3) is 14.2. The number of aryl methyl sites for hydroxylation is 2. The average molecular weight is 445 g/mol. The van der Waals surface area contributed by atoms with E-state index >= 15 is 0 Å². The molecule has 0 aliphatic carbocycles. The predicted molar refractivity (Wildman–Crippen MR) is 102 cm³/mol. The lowest BCUT2D eigenvalue weighted by molar-refractivity contribution is -0.697. The topological polar surface area (TPSA) is 3.88 Å². The summed E-state index contributed by atoms with van der Waals surface area (Å²) < 4.78 is 2.31. The lowest BCUT2D eigenvalue weighted by Crippen LogP contribution is -3.00. The van der Waals surface area contributed by atoms with Crippen LogP contribution >= 0.6 is 0 Å². The predicted octanol–water partition coefficient (Wildman–Crippen LogP) is 3.77. The maximum Gasteiger partial charge on any atom is 0.169 e. The van der Waals surface area contributed by atoms with Crippen molar-refractivity contribution in [3.8, 4) is 0 Å². The van der Waals surface area contributed by atoms with Crippen molar-refractivity contribution < 1.29 is 28.5 Å². The molecule has 0 N–H and O–H groups in total. The van der Waals surface area contributed by atoms with Gasteiger partial charge in [0.1, 0.15) is 6.54 Å². The van der Waals surface area contributed by atoms with Crippen molar-refractivity contribution in [1.82, 2.24) is 0 Å². The molecule has 0 atom stereocenters. The highest BCUT2D eigenvalue weighted by Gasteiger charge is 1.99. The quantitative estimate of drug-likeness (QED) is 0.220. The minimum Gasteiger partial charge on any atom is -1.00 e. The summed E-state index contributed by atoms with van der Waals surface area (Å²) in [5, 5.41) is 0. The van der Waals surface area contributed by atoms with Gasteiger partial charge in [0.2, 0.25) is 0 Å². The molecule has 0 aliphatic rings. The molecule has 1 heterocycles. The third-order valence-electron chi connectivity index (χ3n) is 4.83. The van der Waals surface area contributed by atoms with Gasteiger partial charge in [0.25, 0.3) is 0 Å². The Balaban J connectivity index is 0.00000529. The molecule has 1 nitrogen and oxygen atoms in total. The number of aromatic nitrogens is 1. The van der Waals surface area contributed by atoms with Crippen molar-refractivity contribution in [2.24, 2.45) is 0 Å². The van der Waals surface area contributed by atoms with Crippen LogP contribution in [0.3, 0.4) is 0 Å². The van der Waals surface area contributed by atoms with Crippen LogP contribution < -0.4 is 28.5 Å². The molecule has 1 rings (SSSR count). The molecule has 0 fully saturated rings. The fourth-order valence-corrected chi connectivity index (χ4v) is 3.17. The third-order valence-corrected chi connectivity index (χ3v) is 4.83. The van der Waals surface area contributed by atoms with Gasteiger partial charge in [-0.05, 0) is 18.9 Å². The highest BCUT2D eigenvalue weighted by atomic mass is 127.